The van der Waals surface area contributed by atoms with Gasteiger partial charge in [-0.15, -0.1) is 0 Å². The number of nitrogens with zero attached hydrogens (tertiary/aromatic N) is 6. The van der Waals surface area contributed by atoms with Gasteiger partial charge in [-0.3, -0.25) is 24.5 Å². The van der Waals surface area contributed by atoms with E-state index < -0.39 is 0 Å². The first-order chi connectivity index (χ1) is 14.1. The smallest absolute Gasteiger partial charge is 0.0865 e. The summed E-state index contributed by atoms with van der Waals surface area (Å²) in [5.41, 5.74) is 0. The zero-order valence-electron chi connectivity index (χ0n) is 19.0. The number of aliphatic hydroxyl groups excluding tert-OH is 1. The van der Waals surface area contributed by atoms with Gasteiger partial charge in [-0.1, -0.05) is 0 Å². The maximum atomic E-state index is 9.14. The van der Waals surface area contributed by atoms with Gasteiger partial charge in [0.25, 0.3) is 0 Å². The number of methoxy groups -OCH3 is 1. The molecule has 2 atom stereocenters. The molecule has 3 saturated heterocycles. The zero-order chi connectivity index (χ0) is 20.6. The highest BCUT2D eigenvalue weighted by atomic mass is 16.5. The molecule has 0 aromatic rings. The number of β-amino-alcohol motifs (C(OH)–C–C–N with tert-alkyl or cyclic N) is 1. The van der Waals surface area contributed by atoms with Crippen LogP contribution < -0.4 is 0 Å². The molecule has 3 aliphatic heterocycles. The van der Waals surface area contributed by atoms with Crippen LogP contribution in [0.25, 0.3) is 0 Å². The Balaban J connectivity index is 1.44. The van der Waals surface area contributed by atoms with Crippen LogP contribution in [0.2, 0.25) is 0 Å². The molecule has 0 aliphatic carbocycles. The molecule has 2 unspecified atom stereocenters. The van der Waals surface area contributed by atoms with Gasteiger partial charge in [0.1, 0.15) is 0 Å². The standard InChI is InChI=1S/C21H44N6O2/c1-22-4-7-24(8-5-22)10-13-26-9-6-23(2)20(18-26)21(29-3)19-27-14-11-25(12-15-27)16-17-28/h20-21,28H,4-19H2,1-3H3. The molecule has 3 fully saturated rings. The third-order valence-electron chi connectivity index (χ3n) is 7.16. The summed E-state index contributed by atoms with van der Waals surface area (Å²) in [4.78, 5) is 15.1. The Morgan fingerprint density at radius 3 is 1.97 bits per heavy atom. The van der Waals surface area contributed by atoms with E-state index in [9.17, 15) is 0 Å². The lowest BCUT2D eigenvalue weighted by Gasteiger charge is -2.45. The number of rotatable bonds is 9. The minimum atomic E-state index is 0.246. The van der Waals surface area contributed by atoms with Crippen LogP contribution in [0.3, 0.4) is 0 Å². The molecule has 3 rings (SSSR count). The Bertz CT molecular complexity index is 454. The van der Waals surface area contributed by atoms with Gasteiger partial charge < -0.3 is 14.7 Å². The lowest BCUT2D eigenvalue weighted by Crippen LogP contribution is -2.60. The average molecular weight is 413 g/mol. The molecule has 170 valence electrons. The molecule has 0 aromatic carbocycles. The van der Waals surface area contributed by atoms with Crippen LogP contribution in [0.1, 0.15) is 0 Å². The van der Waals surface area contributed by atoms with Crippen LogP contribution in [-0.4, -0.2) is 173 Å². The number of piperazine rings is 3. The Hall–Kier alpha value is -0.320. The summed E-state index contributed by atoms with van der Waals surface area (Å²) in [5, 5.41) is 9.14. The van der Waals surface area contributed by atoms with Crippen molar-refractivity contribution in [3.63, 3.8) is 0 Å². The van der Waals surface area contributed by atoms with Crippen molar-refractivity contribution in [2.24, 2.45) is 0 Å². The topological polar surface area (TPSA) is 48.9 Å². The molecule has 0 saturated carbocycles. The largest absolute Gasteiger partial charge is 0.395 e. The lowest BCUT2D eigenvalue weighted by atomic mass is 10.0. The number of hydrogen-bond acceptors (Lipinski definition) is 8. The highest BCUT2D eigenvalue weighted by molar-refractivity contribution is 4.89. The molecule has 0 bridgehead atoms. The van der Waals surface area contributed by atoms with Crippen LogP contribution in [0.4, 0.5) is 0 Å². The second-order valence-corrected chi connectivity index (χ2v) is 9.13. The van der Waals surface area contributed by atoms with Gasteiger partial charge in [-0.2, -0.15) is 0 Å². The molecule has 3 aliphatic rings. The van der Waals surface area contributed by atoms with E-state index in [4.69, 9.17) is 9.84 Å². The van der Waals surface area contributed by atoms with Crippen LogP contribution in [0, 0.1) is 0 Å². The fraction of sp³-hybridized carbons (Fsp3) is 1.00. The Labute approximate surface area is 177 Å². The monoisotopic (exact) mass is 412 g/mol. The minimum absolute atomic E-state index is 0.246. The van der Waals surface area contributed by atoms with Crippen molar-refractivity contribution in [3.05, 3.63) is 0 Å². The van der Waals surface area contributed by atoms with Crippen molar-refractivity contribution in [1.29, 1.82) is 0 Å². The third kappa shape index (κ3) is 7.11. The van der Waals surface area contributed by atoms with Crippen LogP contribution in [0.15, 0.2) is 0 Å². The van der Waals surface area contributed by atoms with E-state index in [1.54, 1.807) is 0 Å². The van der Waals surface area contributed by atoms with Gasteiger partial charge in [0, 0.05) is 111 Å². The van der Waals surface area contributed by atoms with Crippen molar-refractivity contribution in [2.45, 2.75) is 12.1 Å². The maximum Gasteiger partial charge on any atom is 0.0865 e. The molecule has 8 nitrogen and oxygen atoms in total. The van der Waals surface area contributed by atoms with Gasteiger partial charge >= 0.3 is 0 Å². The Morgan fingerprint density at radius 1 is 0.759 bits per heavy atom. The molecule has 0 amide bonds. The molecule has 29 heavy (non-hydrogen) atoms. The predicted octanol–water partition coefficient (Wildman–Crippen LogP) is -1.53. The quantitative estimate of drug-likeness (QED) is 0.490. The molecule has 0 aromatic heterocycles. The van der Waals surface area contributed by atoms with Crippen molar-refractivity contribution >= 4 is 0 Å². The summed E-state index contributed by atoms with van der Waals surface area (Å²) >= 11 is 0. The summed E-state index contributed by atoms with van der Waals surface area (Å²) in [5.74, 6) is 0. The van der Waals surface area contributed by atoms with Gasteiger partial charge in [0.15, 0.2) is 0 Å². The molecule has 3 heterocycles. The van der Waals surface area contributed by atoms with E-state index in [2.05, 4.69) is 43.5 Å². The maximum absolute atomic E-state index is 9.14. The zero-order valence-corrected chi connectivity index (χ0v) is 19.0. The predicted molar refractivity (Wildman–Crippen MR) is 118 cm³/mol. The van der Waals surface area contributed by atoms with Gasteiger partial charge in [-0.05, 0) is 14.1 Å². The molecular weight excluding hydrogens is 368 g/mol. The molecular formula is C21H44N6O2. The first-order valence-corrected chi connectivity index (χ1v) is 11.5. The number of ether oxygens (including phenoxy) is 1. The van der Waals surface area contributed by atoms with Gasteiger partial charge in [-0.25, -0.2) is 0 Å². The van der Waals surface area contributed by atoms with E-state index in [1.165, 1.54) is 39.3 Å². The first kappa shape index (κ1) is 23.3. The van der Waals surface area contributed by atoms with Crippen LogP contribution >= 0.6 is 0 Å². The number of hydrogen-bond donors (Lipinski definition) is 1. The normalized spacial score (nSPS) is 28.8. The first-order valence-electron chi connectivity index (χ1n) is 11.5. The second-order valence-electron chi connectivity index (χ2n) is 9.13. The van der Waals surface area contributed by atoms with E-state index >= 15 is 0 Å². The molecule has 8 heteroatoms. The van der Waals surface area contributed by atoms with Crippen LogP contribution in [0.5, 0.6) is 0 Å². The second kappa shape index (κ2) is 11.9. The number of likely N-dealkylation sites (N-methyl/N-ethyl adjacent to an activating group) is 2. The van der Waals surface area contributed by atoms with E-state index in [0.717, 1.165) is 58.9 Å². The summed E-state index contributed by atoms with van der Waals surface area (Å²) in [6.45, 7) is 16.9. The van der Waals surface area contributed by atoms with Crippen LogP contribution in [-0.2, 0) is 4.74 Å². The van der Waals surface area contributed by atoms with E-state index in [-0.39, 0.29) is 12.7 Å². The fourth-order valence-corrected chi connectivity index (χ4v) is 4.86. The minimum Gasteiger partial charge on any atom is -0.395 e. The van der Waals surface area contributed by atoms with Crippen molar-refractivity contribution in [1.82, 2.24) is 29.4 Å². The van der Waals surface area contributed by atoms with E-state index in [1.807, 2.05) is 7.11 Å². The fourth-order valence-electron chi connectivity index (χ4n) is 4.86. The molecule has 0 spiro atoms. The summed E-state index contributed by atoms with van der Waals surface area (Å²) in [7, 11) is 6.36. The summed E-state index contributed by atoms with van der Waals surface area (Å²) in [6, 6.07) is 0.455. The summed E-state index contributed by atoms with van der Waals surface area (Å²) < 4.78 is 6.01. The lowest BCUT2D eigenvalue weighted by molar-refractivity contribution is -0.0391. The molecule has 0 radical (unpaired) electrons. The highest BCUT2D eigenvalue weighted by Gasteiger charge is 2.33. The Kier molecular flexibility index (Phi) is 9.58. The van der Waals surface area contributed by atoms with E-state index in [0.29, 0.717) is 6.04 Å². The van der Waals surface area contributed by atoms with Crippen molar-refractivity contribution in [3.8, 4) is 0 Å². The third-order valence-corrected chi connectivity index (χ3v) is 7.16. The number of aliphatic hydroxyl groups is 1. The summed E-state index contributed by atoms with van der Waals surface area (Å²) in [6.07, 6.45) is 0.246. The average Bonchev–Trinajstić information content (AvgIpc) is 2.74. The highest BCUT2D eigenvalue weighted by Crippen LogP contribution is 2.16. The van der Waals surface area contributed by atoms with Gasteiger partial charge in [0.05, 0.1) is 12.7 Å². The van der Waals surface area contributed by atoms with Crippen molar-refractivity contribution < 1.29 is 9.84 Å². The van der Waals surface area contributed by atoms with Crippen molar-refractivity contribution in [2.75, 3.05) is 126 Å². The molecule has 1 N–H and O–H groups in total. The SMILES string of the molecule is COC(CN1CCN(CCO)CC1)C1CN(CCN2CCN(C)CC2)CCN1C. The Morgan fingerprint density at radius 2 is 1.31 bits per heavy atom. The van der Waals surface area contributed by atoms with Gasteiger partial charge in [0.2, 0.25) is 0 Å².